The molecule has 0 unspecified atom stereocenters. The van der Waals surface area contributed by atoms with Crippen molar-refractivity contribution in [3.63, 3.8) is 0 Å². The van der Waals surface area contributed by atoms with Crippen LogP contribution in [0.1, 0.15) is 28.0 Å². The van der Waals surface area contributed by atoms with Crippen LogP contribution in [0.3, 0.4) is 0 Å². The van der Waals surface area contributed by atoms with Gasteiger partial charge in [0.2, 0.25) is 0 Å². The number of anilines is 1. The molecule has 0 atom stereocenters. The molecule has 1 aliphatic heterocycles. The lowest BCUT2D eigenvalue weighted by atomic mass is 10.1. The lowest BCUT2D eigenvalue weighted by Gasteiger charge is -2.15. The van der Waals surface area contributed by atoms with E-state index in [9.17, 15) is 4.79 Å². The Bertz CT molecular complexity index is 843. The van der Waals surface area contributed by atoms with E-state index in [1.807, 2.05) is 30.3 Å². The number of nitrogens with one attached hydrogen (secondary N) is 1. The molecule has 0 saturated carbocycles. The van der Waals surface area contributed by atoms with Crippen molar-refractivity contribution < 1.29 is 9.53 Å². The zero-order valence-corrected chi connectivity index (χ0v) is 13.2. The Labute approximate surface area is 139 Å². The third-order valence-corrected chi connectivity index (χ3v) is 3.86. The Morgan fingerprint density at radius 2 is 2.17 bits per heavy atom. The molecule has 0 radical (unpaired) electrons. The fourth-order valence-corrected chi connectivity index (χ4v) is 2.62. The topological polar surface area (TPSA) is 105 Å². The highest BCUT2D eigenvalue weighted by Crippen LogP contribution is 2.25. The standard InChI is InChI=1S/C17H17N5O2/c1-24-17(23)15-14(19)12(9-18)10-22(15)13-5-3-11(4-6-13)16-20-7-2-8-21-16/h3-6,10H,2,7-8,19H2,1H3,(H,20,21). The van der Waals surface area contributed by atoms with Crippen LogP contribution in [0.15, 0.2) is 35.5 Å². The van der Waals surface area contributed by atoms with Gasteiger partial charge in [-0.2, -0.15) is 5.26 Å². The normalized spacial score (nSPS) is 13.6. The smallest absolute Gasteiger partial charge is 0.357 e. The summed E-state index contributed by atoms with van der Waals surface area (Å²) in [7, 11) is 1.28. The number of carbonyl (C=O) groups is 1. The van der Waals surface area contributed by atoms with Crippen molar-refractivity contribution in [2.75, 3.05) is 25.9 Å². The molecule has 2 aromatic rings. The minimum atomic E-state index is -0.587. The second kappa shape index (κ2) is 6.46. The second-order valence-electron chi connectivity index (χ2n) is 5.34. The molecule has 0 saturated heterocycles. The predicted molar refractivity (Wildman–Crippen MR) is 90.3 cm³/mol. The van der Waals surface area contributed by atoms with Crippen LogP contribution in [0.2, 0.25) is 0 Å². The Kier molecular flexibility index (Phi) is 4.20. The van der Waals surface area contributed by atoms with Gasteiger partial charge in [0.15, 0.2) is 5.69 Å². The molecule has 1 aromatic carbocycles. The van der Waals surface area contributed by atoms with Gasteiger partial charge in [0, 0.05) is 30.5 Å². The van der Waals surface area contributed by atoms with E-state index in [0.29, 0.717) is 5.69 Å². The molecular formula is C17H17N5O2. The van der Waals surface area contributed by atoms with E-state index in [1.54, 1.807) is 4.57 Å². The summed E-state index contributed by atoms with van der Waals surface area (Å²) >= 11 is 0. The van der Waals surface area contributed by atoms with E-state index in [4.69, 9.17) is 15.7 Å². The summed E-state index contributed by atoms with van der Waals surface area (Å²) < 4.78 is 6.35. The lowest BCUT2D eigenvalue weighted by Crippen LogP contribution is -2.30. The molecule has 1 aliphatic rings. The largest absolute Gasteiger partial charge is 0.464 e. The maximum atomic E-state index is 12.0. The summed E-state index contributed by atoms with van der Waals surface area (Å²) in [5.41, 5.74) is 8.08. The van der Waals surface area contributed by atoms with Crippen molar-refractivity contribution >= 4 is 17.5 Å². The maximum absolute atomic E-state index is 12.0. The summed E-state index contributed by atoms with van der Waals surface area (Å²) in [6.45, 7) is 1.73. The van der Waals surface area contributed by atoms with Crippen LogP contribution in [0.25, 0.3) is 5.69 Å². The van der Waals surface area contributed by atoms with E-state index in [-0.39, 0.29) is 16.9 Å². The van der Waals surface area contributed by atoms with Gasteiger partial charge in [0.1, 0.15) is 11.9 Å². The monoisotopic (exact) mass is 323 g/mol. The number of carbonyl (C=O) groups excluding carboxylic acids is 1. The van der Waals surface area contributed by atoms with E-state index in [0.717, 1.165) is 30.9 Å². The Morgan fingerprint density at radius 3 is 2.75 bits per heavy atom. The SMILES string of the molecule is COC(=O)c1c(N)c(C#N)cn1-c1ccc(C2=NCCCN2)cc1. The van der Waals surface area contributed by atoms with Gasteiger partial charge in [0.05, 0.1) is 18.4 Å². The van der Waals surface area contributed by atoms with Crippen molar-refractivity contribution in [2.24, 2.45) is 4.99 Å². The fourth-order valence-electron chi connectivity index (χ4n) is 2.62. The zero-order valence-electron chi connectivity index (χ0n) is 13.2. The first-order valence-corrected chi connectivity index (χ1v) is 7.54. The average molecular weight is 323 g/mol. The molecule has 0 aliphatic carbocycles. The number of benzene rings is 1. The summed E-state index contributed by atoms with van der Waals surface area (Å²) in [5.74, 6) is 0.280. The van der Waals surface area contributed by atoms with Crippen LogP contribution in [0.5, 0.6) is 0 Å². The quantitative estimate of drug-likeness (QED) is 0.832. The van der Waals surface area contributed by atoms with Crippen molar-refractivity contribution in [1.29, 1.82) is 5.26 Å². The fraction of sp³-hybridized carbons (Fsp3) is 0.235. The number of esters is 1. The van der Waals surface area contributed by atoms with Crippen molar-refractivity contribution in [2.45, 2.75) is 6.42 Å². The number of nitrogens with zero attached hydrogens (tertiary/aromatic N) is 3. The molecule has 0 amide bonds. The lowest BCUT2D eigenvalue weighted by molar-refractivity contribution is 0.0593. The maximum Gasteiger partial charge on any atom is 0.357 e. The highest BCUT2D eigenvalue weighted by atomic mass is 16.5. The number of rotatable bonds is 3. The second-order valence-corrected chi connectivity index (χ2v) is 5.34. The van der Waals surface area contributed by atoms with Crippen molar-refractivity contribution in [3.8, 4) is 11.8 Å². The van der Waals surface area contributed by atoms with Crippen LogP contribution in [0, 0.1) is 11.3 Å². The van der Waals surface area contributed by atoms with Gasteiger partial charge < -0.3 is 20.4 Å². The minimum Gasteiger partial charge on any atom is -0.464 e. The number of methoxy groups -OCH3 is 1. The number of aromatic nitrogens is 1. The number of hydrogen-bond acceptors (Lipinski definition) is 6. The van der Waals surface area contributed by atoms with Crippen LogP contribution in [0.4, 0.5) is 5.69 Å². The third-order valence-electron chi connectivity index (χ3n) is 3.86. The van der Waals surface area contributed by atoms with E-state index >= 15 is 0 Å². The number of nitrogens with two attached hydrogens (primary N) is 1. The van der Waals surface area contributed by atoms with E-state index in [2.05, 4.69) is 10.3 Å². The summed E-state index contributed by atoms with van der Waals surface area (Å²) in [5, 5.41) is 12.4. The van der Waals surface area contributed by atoms with Crippen molar-refractivity contribution in [3.05, 3.63) is 47.3 Å². The molecule has 3 rings (SSSR count). The molecule has 24 heavy (non-hydrogen) atoms. The predicted octanol–water partition coefficient (Wildman–Crippen LogP) is 1.46. The van der Waals surface area contributed by atoms with Crippen LogP contribution < -0.4 is 11.1 Å². The van der Waals surface area contributed by atoms with Gasteiger partial charge in [-0.1, -0.05) is 0 Å². The Hall–Kier alpha value is -3.27. The average Bonchev–Trinajstić information content (AvgIpc) is 2.98. The number of hydrogen-bond donors (Lipinski definition) is 2. The number of nitriles is 1. The number of ether oxygens (including phenoxy) is 1. The summed E-state index contributed by atoms with van der Waals surface area (Å²) in [4.78, 5) is 16.5. The molecule has 0 spiro atoms. The van der Waals surface area contributed by atoms with E-state index in [1.165, 1.54) is 13.3 Å². The van der Waals surface area contributed by atoms with E-state index < -0.39 is 5.97 Å². The minimum absolute atomic E-state index is 0.117. The number of amidine groups is 1. The molecule has 3 N–H and O–H groups in total. The summed E-state index contributed by atoms with van der Waals surface area (Å²) in [6, 6.07) is 9.51. The zero-order chi connectivity index (χ0) is 17.1. The summed E-state index contributed by atoms with van der Waals surface area (Å²) in [6.07, 6.45) is 2.57. The molecule has 122 valence electrons. The number of aliphatic imine (C=N–C) groups is 1. The molecule has 7 nitrogen and oxygen atoms in total. The molecule has 0 fully saturated rings. The van der Waals surface area contributed by atoms with Crippen LogP contribution in [-0.4, -0.2) is 36.6 Å². The Balaban J connectivity index is 2.02. The van der Waals surface area contributed by atoms with Crippen LogP contribution >= 0.6 is 0 Å². The highest BCUT2D eigenvalue weighted by Gasteiger charge is 2.21. The van der Waals surface area contributed by atoms with Crippen molar-refractivity contribution in [1.82, 2.24) is 9.88 Å². The van der Waals surface area contributed by atoms with Gasteiger partial charge in [-0.15, -0.1) is 0 Å². The van der Waals surface area contributed by atoms with Gasteiger partial charge in [-0.05, 0) is 30.7 Å². The first-order valence-electron chi connectivity index (χ1n) is 7.54. The molecule has 2 heterocycles. The first-order chi connectivity index (χ1) is 11.7. The van der Waals surface area contributed by atoms with Gasteiger partial charge in [0.25, 0.3) is 0 Å². The third kappa shape index (κ3) is 2.70. The first kappa shape index (κ1) is 15.6. The molecule has 1 aromatic heterocycles. The highest BCUT2D eigenvalue weighted by molar-refractivity contribution is 5.99. The molecule has 7 heteroatoms. The van der Waals surface area contributed by atoms with Crippen LogP contribution in [-0.2, 0) is 4.74 Å². The molecule has 0 bridgehead atoms. The Morgan fingerprint density at radius 1 is 1.42 bits per heavy atom. The van der Waals surface area contributed by atoms with Gasteiger partial charge in [-0.25, -0.2) is 4.79 Å². The molecular weight excluding hydrogens is 306 g/mol. The van der Waals surface area contributed by atoms with Gasteiger partial charge in [-0.3, -0.25) is 4.99 Å². The van der Waals surface area contributed by atoms with Gasteiger partial charge >= 0.3 is 5.97 Å². The number of nitrogen functional groups attached to an aromatic ring is 1.